The molecule has 0 saturated carbocycles. The van der Waals surface area contributed by atoms with Gasteiger partial charge in [-0.3, -0.25) is 0 Å². The molecule has 0 spiro atoms. The number of benzene rings is 1. The number of nitrogens with zero attached hydrogens (tertiary/aromatic N) is 1. The molecule has 0 aliphatic carbocycles. The topological polar surface area (TPSA) is 29.3 Å². The molecule has 2 nitrogen and oxygen atoms in total. The van der Waals surface area contributed by atoms with Gasteiger partial charge in [0.1, 0.15) is 0 Å². The van der Waals surface area contributed by atoms with Crippen molar-refractivity contribution in [3.05, 3.63) is 30.3 Å². The smallest absolute Gasteiger partial charge is 0.0368 e. The Morgan fingerprint density at radius 2 is 2.06 bits per heavy atom. The van der Waals surface area contributed by atoms with E-state index in [9.17, 15) is 0 Å². The van der Waals surface area contributed by atoms with Gasteiger partial charge in [0, 0.05) is 18.3 Å². The molecule has 1 aromatic rings. The lowest BCUT2D eigenvalue weighted by Gasteiger charge is -2.42. The van der Waals surface area contributed by atoms with E-state index < -0.39 is 0 Å². The van der Waals surface area contributed by atoms with Crippen LogP contribution in [0.15, 0.2) is 30.3 Å². The van der Waals surface area contributed by atoms with Crippen LogP contribution in [0.5, 0.6) is 0 Å². The molecule has 1 saturated heterocycles. The van der Waals surface area contributed by atoms with Gasteiger partial charge in [0.05, 0.1) is 0 Å². The summed E-state index contributed by atoms with van der Waals surface area (Å²) in [6.45, 7) is 4.27. The Kier molecular flexibility index (Phi) is 3.83. The van der Waals surface area contributed by atoms with Crippen molar-refractivity contribution in [2.24, 2.45) is 11.7 Å². The summed E-state index contributed by atoms with van der Waals surface area (Å²) < 4.78 is 0. The highest BCUT2D eigenvalue weighted by atomic mass is 15.2. The van der Waals surface area contributed by atoms with E-state index in [0.29, 0.717) is 12.0 Å². The third-order valence-electron chi connectivity index (χ3n) is 3.73. The molecule has 2 rings (SSSR count). The van der Waals surface area contributed by atoms with E-state index >= 15 is 0 Å². The molecule has 1 aliphatic heterocycles. The first-order chi connectivity index (χ1) is 7.86. The molecule has 1 heterocycles. The van der Waals surface area contributed by atoms with Gasteiger partial charge in [0.25, 0.3) is 0 Å². The Morgan fingerprint density at radius 3 is 2.69 bits per heavy atom. The molecule has 88 valence electrons. The van der Waals surface area contributed by atoms with Crippen LogP contribution < -0.4 is 10.6 Å². The van der Waals surface area contributed by atoms with Crippen LogP contribution in [0.25, 0.3) is 0 Å². The van der Waals surface area contributed by atoms with E-state index in [-0.39, 0.29) is 0 Å². The van der Waals surface area contributed by atoms with Crippen molar-refractivity contribution >= 4 is 5.69 Å². The summed E-state index contributed by atoms with van der Waals surface area (Å²) in [7, 11) is 0. The SMILES string of the molecule is CC[C@@H]1[C@@H](CN)CCCN1c1ccccc1. The Bertz CT molecular complexity index is 310. The van der Waals surface area contributed by atoms with Crippen molar-refractivity contribution < 1.29 is 0 Å². The molecule has 1 aliphatic rings. The molecule has 1 aromatic carbocycles. The first kappa shape index (κ1) is 11.5. The second-order valence-corrected chi connectivity index (χ2v) is 4.64. The van der Waals surface area contributed by atoms with Crippen molar-refractivity contribution in [1.29, 1.82) is 0 Å². The van der Waals surface area contributed by atoms with Crippen LogP contribution in [0.4, 0.5) is 5.69 Å². The van der Waals surface area contributed by atoms with Crippen molar-refractivity contribution in [3.63, 3.8) is 0 Å². The summed E-state index contributed by atoms with van der Waals surface area (Å²) in [5.74, 6) is 0.666. The van der Waals surface area contributed by atoms with E-state index in [1.54, 1.807) is 0 Å². The minimum atomic E-state index is 0.626. The van der Waals surface area contributed by atoms with E-state index in [2.05, 4.69) is 42.2 Å². The Balaban J connectivity index is 2.19. The molecule has 0 unspecified atom stereocenters. The fourth-order valence-electron chi connectivity index (χ4n) is 2.91. The summed E-state index contributed by atoms with van der Waals surface area (Å²) in [4.78, 5) is 2.54. The van der Waals surface area contributed by atoms with Crippen molar-refractivity contribution in [2.45, 2.75) is 32.2 Å². The van der Waals surface area contributed by atoms with Gasteiger partial charge in [-0.05, 0) is 43.9 Å². The molecular formula is C14H22N2. The van der Waals surface area contributed by atoms with Crippen LogP contribution >= 0.6 is 0 Å². The highest BCUT2D eigenvalue weighted by molar-refractivity contribution is 5.47. The fraction of sp³-hybridized carbons (Fsp3) is 0.571. The maximum atomic E-state index is 5.88. The van der Waals surface area contributed by atoms with Gasteiger partial charge < -0.3 is 10.6 Å². The third kappa shape index (κ3) is 2.22. The van der Waals surface area contributed by atoms with Crippen molar-refractivity contribution in [2.75, 3.05) is 18.0 Å². The number of rotatable bonds is 3. The fourth-order valence-corrected chi connectivity index (χ4v) is 2.91. The lowest BCUT2D eigenvalue weighted by molar-refractivity contribution is 0.321. The maximum absolute atomic E-state index is 5.88. The van der Waals surface area contributed by atoms with Crippen LogP contribution in [-0.2, 0) is 0 Å². The molecule has 2 N–H and O–H groups in total. The summed E-state index contributed by atoms with van der Waals surface area (Å²) >= 11 is 0. The average molecular weight is 218 g/mol. The van der Waals surface area contributed by atoms with Gasteiger partial charge in [-0.15, -0.1) is 0 Å². The molecular weight excluding hydrogens is 196 g/mol. The van der Waals surface area contributed by atoms with Crippen LogP contribution in [0.2, 0.25) is 0 Å². The van der Waals surface area contributed by atoms with Gasteiger partial charge in [-0.25, -0.2) is 0 Å². The standard InChI is InChI=1S/C14H22N2/c1-2-14-12(11-15)7-6-10-16(14)13-8-4-3-5-9-13/h3-5,8-9,12,14H,2,6-7,10-11,15H2,1H3/t12-,14-/m1/s1. The van der Waals surface area contributed by atoms with E-state index in [1.807, 2.05) is 0 Å². The summed E-state index contributed by atoms with van der Waals surface area (Å²) in [5, 5.41) is 0. The third-order valence-corrected chi connectivity index (χ3v) is 3.73. The van der Waals surface area contributed by atoms with Crippen LogP contribution in [0.3, 0.4) is 0 Å². The first-order valence-electron chi connectivity index (χ1n) is 6.38. The molecule has 0 bridgehead atoms. The minimum Gasteiger partial charge on any atom is -0.368 e. The summed E-state index contributed by atoms with van der Waals surface area (Å²) in [5.41, 5.74) is 7.24. The average Bonchev–Trinajstić information content (AvgIpc) is 2.38. The highest BCUT2D eigenvalue weighted by Crippen LogP contribution is 2.29. The minimum absolute atomic E-state index is 0.626. The number of hydrogen-bond donors (Lipinski definition) is 1. The molecule has 0 aromatic heterocycles. The zero-order valence-corrected chi connectivity index (χ0v) is 10.1. The van der Waals surface area contributed by atoms with Crippen molar-refractivity contribution in [1.82, 2.24) is 0 Å². The number of hydrogen-bond acceptors (Lipinski definition) is 2. The second kappa shape index (κ2) is 5.35. The number of anilines is 1. The zero-order chi connectivity index (χ0) is 11.4. The van der Waals surface area contributed by atoms with Crippen LogP contribution in [0.1, 0.15) is 26.2 Å². The van der Waals surface area contributed by atoms with Gasteiger partial charge >= 0.3 is 0 Å². The molecule has 1 fully saturated rings. The summed E-state index contributed by atoms with van der Waals surface area (Å²) in [6.07, 6.45) is 3.75. The Hall–Kier alpha value is -1.02. The van der Waals surface area contributed by atoms with Crippen LogP contribution in [-0.4, -0.2) is 19.1 Å². The monoisotopic (exact) mass is 218 g/mol. The lowest BCUT2D eigenvalue weighted by atomic mass is 9.87. The van der Waals surface area contributed by atoms with E-state index in [1.165, 1.54) is 31.5 Å². The molecule has 0 radical (unpaired) electrons. The predicted octanol–water partition coefficient (Wildman–Crippen LogP) is 2.64. The maximum Gasteiger partial charge on any atom is 0.0368 e. The zero-order valence-electron chi connectivity index (χ0n) is 10.1. The van der Waals surface area contributed by atoms with Gasteiger partial charge in [-0.2, -0.15) is 0 Å². The molecule has 0 amide bonds. The molecule has 16 heavy (non-hydrogen) atoms. The van der Waals surface area contributed by atoms with E-state index in [4.69, 9.17) is 5.73 Å². The van der Waals surface area contributed by atoms with Gasteiger partial charge in [0.15, 0.2) is 0 Å². The number of piperidine rings is 1. The number of nitrogens with two attached hydrogens (primary N) is 1. The van der Waals surface area contributed by atoms with Crippen LogP contribution in [0, 0.1) is 5.92 Å². The lowest BCUT2D eigenvalue weighted by Crippen LogP contribution is -2.47. The quantitative estimate of drug-likeness (QED) is 0.845. The largest absolute Gasteiger partial charge is 0.368 e. The Morgan fingerprint density at radius 1 is 1.31 bits per heavy atom. The second-order valence-electron chi connectivity index (χ2n) is 4.64. The molecule has 2 atom stereocenters. The van der Waals surface area contributed by atoms with Gasteiger partial charge in [-0.1, -0.05) is 25.1 Å². The van der Waals surface area contributed by atoms with Gasteiger partial charge in [0.2, 0.25) is 0 Å². The first-order valence-corrected chi connectivity index (χ1v) is 6.38. The normalized spacial score (nSPS) is 25.8. The van der Waals surface area contributed by atoms with E-state index in [0.717, 1.165) is 6.54 Å². The van der Waals surface area contributed by atoms with Crippen molar-refractivity contribution in [3.8, 4) is 0 Å². The molecule has 2 heteroatoms. The predicted molar refractivity (Wildman–Crippen MR) is 69.6 cm³/mol. The Labute approximate surface area is 98.4 Å². The summed E-state index contributed by atoms with van der Waals surface area (Å²) in [6, 6.07) is 11.4. The highest BCUT2D eigenvalue weighted by Gasteiger charge is 2.28. The number of para-hydroxylation sites is 1.